The number of nitrogens with zero attached hydrogens (tertiary/aromatic N) is 1. The summed E-state index contributed by atoms with van der Waals surface area (Å²) in [6.07, 6.45) is 0. The van der Waals surface area contributed by atoms with E-state index in [9.17, 15) is 9.59 Å². The SMILES string of the molecule is Cc1cc(CN2C(=O)c3ccc(N)cc3C2=O)sc1C. The topological polar surface area (TPSA) is 63.4 Å². The number of carbonyl (C=O) groups excluding carboxylic acids is 2. The normalized spacial score (nSPS) is 14.0. The van der Waals surface area contributed by atoms with Crippen LogP contribution in [0.1, 0.15) is 36.0 Å². The molecule has 20 heavy (non-hydrogen) atoms. The van der Waals surface area contributed by atoms with Gasteiger partial charge in [-0.2, -0.15) is 0 Å². The van der Waals surface area contributed by atoms with E-state index in [1.54, 1.807) is 29.5 Å². The van der Waals surface area contributed by atoms with Crippen molar-refractivity contribution in [3.05, 3.63) is 50.7 Å². The predicted octanol–water partition coefficient (Wildman–Crippen LogP) is 2.74. The van der Waals surface area contributed by atoms with Gasteiger partial charge in [0.05, 0.1) is 17.7 Å². The Morgan fingerprint density at radius 1 is 1.10 bits per heavy atom. The number of carbonyl (C=O) groups is 2. The van der Waals surface area contributed by atoms with Crippen LogP contribution in [-0.2, 0) is 6.54 Å². The number of fused-ring (bicyclic) bond motifs is 1. The number of rotatable bonds is 2. The molecular weight excluding hydrogens is 272 g/mol. The first-order valence-electron chi connectivity index (χ1n) is 6.29. The second-order valence-corrected chi connectivity index (χ2v) is 6.29. The van der Waals surface area contributed by atoms with Gasteiger partial charge in [0.2, 0.25) is 0 Å². The Kier molecular flexibility index (Phi) is 2.87. The average molecular weight is 286 g/mol. The number of benzene rings is 1. The minimum absolute atomic E-state index is 0.242. The first-order chi connectivity index (χ1) is 9.47. The molecule has 5 heteroatoms. The molecule has 102 valence electrons. The molecule has 0 radical (unpaired) electrons. The Morgan fingerprint density at radius 2 is 1.80 bits per heavy atom. The summed E-state index contributed by atoms with van der Waals surface area (Å²) in [7, 11) is 0. The van der Waals surface area contributed by atoms with E-state index in [1.165, 1.54) is 15.3 Å². The number of hydrogen-bond acceptors (Lipinski definition) is 4. The molecule has 2 aromatic rings. The molecule has 2 N–H and O–H groups in total. The van der Waals surface area contributed by atoms with Crippen molar-refractivity contribution in [2.45, 2.75) is 20.4 Å². The largest absolute Gasteiger partial charge is 0.399 e. The third-order valence-corrected chi connectivity index (χ3v) is 4.66. The van der Waals surface area contributed by atoms with Gasteiger partial charge in [-0.05, 0) is 43.7 Å². The van der Waals surface area contributed by atoms with E-state index < -0.39 is 0 Å². The number of thiophene rings is 1. The predicted molar refractivity (Wildman–Crippen MR) is 78.9 cm³/mol. The molecule has 0 saturated carbocycles. The highest BCUT2D eigenvalue weighted by Gasteiger charge is 2.35. The van der Waals surface area contributed by atoms with Crippen LogP contribution in [0.15, 0.2) is 24.3 Å². The van der Waals surface area contributed by atoms with Crippen molar-refractivity contribution < 1.29 is 9.59 Å². The Bertz CT molecular complexity index is 714. The molecule has 1 aliphatic heterocycles. The Labute approximate surface area is 120 Å². The van der Waals surface area contributed by atoms with Gasteiger partial charge in [0.15, 0.2) is 0 Å². The monoisotopic (exact) mass is 286 g/mol. The molecule has 0 spiro atoms. The molecule has 0 saturated heterocycles. The Balaban J connectivity index is 1.93. The average Bonchev–Trinajstić information content (AvgIpc) is 2.83. The van der Waals surface area contributed by atoms with Crippen LogP contribution in [0.2, 0.25) is 0 Å². The summed E-state index contributed by atoms with van der Waals surface area (Å²) in [5, 5.41) is 0. The first kappa shape index (κ1) is 12.9. The zero-order valence-corrected chi connectivity index (χ0v) is 12.1. The van der Waals surface area contributed by atoms with Crippen LogP contribution < -0.4 is 5.73 Å². The lowest BCUT2D eigenvalue weighted by atomic mass is 10.1. The fourth-order valence-corrected chi connectivity index (χ4v) is 3.38. The summed E-state index contributed by atoms with van der Waals surface area (Å²) in [4.78, 5) is 28.1. The van der Waals surface area contributed by atoms with Crippen LogP contribution in [0, 0.1) is 13.8 Å². The van der Waals surface area contributed by atoms with Crippen LogP contribution in [0.5, 0.6) is 0 Å². The second kappa shape index (κ2) is 4.45. The zero-order valence-electron chi connectivity index (χ0n) is 11.3. The number of imide groups is 1. The van der Waals surface area contributed by atoms with Crippen molar-refractivity contribution in [3.63, 3.8) is 0 Å². The molecule has 4 nitrogen and oxygen atoms in total. The molecule has 0 unspecified atom stereocenters. The van der Waals surface area contributed by atoms with E-state index in [2.05, 4.69) is 0 Å². The quantitative estimate of drug-likeness (QED) is 0.682. The number of aryl methyl sites for hydroxylation is 2. The van der Waals surface area contributed by atoms with Crippen LogP contribution >= 0.6 is 11.3 Å². The molecule has 2 amide bonds. The molecule has 0 bridgehead atoms. The zero-order chi connectivity index (χ0) is 14.4. The minimum atomic E-state index is -0.263. The number of nitrogens with two attached hydrogens (primary N) is 1. The molecule has 3 rings (SSSR count). The summed E-state index contributed by atoms with van der Waals surface area (Å²) < 4.78 is 0. The third-order valence-electron chi connectivity index (χ3n) is 3.53. The summed E-state index contributed by atoms with van der Waals surface area (Å²) >= 11 is 1.62. The second-order valence-electron chi connectivity index (χ2n) is 4.95. The van der Waals surface area contributed by atoms with Crippen LogP contribution in [0.25, 0.3) is 0 Å². The van der Waals surface area contributed by atoms with E-state index in [1.807, 2.05) is 19.9 Å². The van der Waals surface area contributed by atoms with Crippen molar-refractivity contribution in [1.82, 2.24) is 4.90 Å². The molecule has 0 aliphatic carbocycles. The first-order valence-corrected chi connectivity index (χ1v) is 7.10. The van der Waals surface area contributed by atoms with E-state index in [-0.39, 0.29) is 11.8 Å². The van der Waals surface area contributed by atoms with E-state index in [4.69, 9.17) is 5.73 Å². The van der Waals surface area contributed by atoms with Crippen LogP contribution in [-0.4, -0.2) is 16.7 Å². The van der Waals surface area contributed by atoms with Crippen molar-refractivity contribution in [2.24, 2.45) is 0 Å². The maximum Gasteiger partial charge on any atom is 0.261 e. The molecule has 0 fully saturated rings. The molecular formula is C15H14N2O2S. The van der Waals surface area contributed by atoms with E-state index >= 15 is 0 Å². The van der Waals surface area contributed by atoms with Gasteiger partial charge in [0, 0.05) is 15.4 Å². The van der Waals surface area contributed by atoms with Gasteiger partial charge in [0.25, 0.3) is 11.8 Å². The highest BCUT2D eigenvalue weighted by molar-refractivity contribution is 7.12. The summed E-state index contributed by atoms with van der Waals surface area (Å²) in [5.41, 5.74) is 8.20. The van der Waals surface area contributed by atoms with Gasteiger partial charge >= 0.3 is 0 Å². The van der Waals surface area contributed by atoms with Crippen molar-refractivity contribution in [1.29, 1.82) is 0 Å². The van der Waals surface area contributed by atoms with Gasteiger partial charge in [-0.1, -0.05) is 0 Å². The molecule has 1 aromatic carbocycles. The van der Waals surface area contributed by atoms with Gasteiger partial charge in [-0.15, -0.1) is 11.3 Å². The van der Waals surface area contributed by atoms with Crippen molar-refractivity contribution in [3.8, 4) is 0 Å². The summed E-state index contributed by atoms with van der Waals surface area (Å²) in [6.45, 7) is 4.39. The van der Waals surface area contributed by atoms with Crippen LogP contribution in [0.4, 0.5) is 5.69 Å². The lowest BCUT2D eigenvalue weighted by Crippen LogP contribution is -2.28. The lowest BCUT2D eigenvalue weighted by molar-refractivity contribution is 0.0644. The van der Waals surface area contributed by atoms with Gasteiger partial charge in [-0.25, -0.2) is 0 Å². The van der Waals surface area contributed by atoms with Crippen molar-refractivity contribution >= 4 is 28.8 Å². The molecule has 2 heterocycles. The molecule has 0 atom stereocenters. The smallest absolute Gasteiger partial charge is 0.261 e. The van der Waals surface area contributed by atoms with Gasteiger partial charge in [0.1, 0.15) is 0 Å². The highest BCUT2D eigenvalue weighted by Crippen LogP contribution is 2.28. The van der Waals surface area contributed by atoms with Gasteiger partial charge in [-0.3, -0.25) is 14.5 Å². The maximum absolute atomic E-state index is 12.3. The fraction of sp³-hybridized carbons (Fsp3) is 0.200. The fourth-order valence-electron chi connectivity index (χ4n) is 2.34. The Morgan fingerprint density at radius 3 is 2.45 bits per heavy atom. The summed E-state index contributed by atoms with van der Waals surface area (Å²) in [6, 6.07) is 6.86. The molecule has 1 aliphatic rings. The maximum atomic E-state index is 12.3. The molecule has 1 aromatic heterocycles. The highest BCUT2D eigenvalue weighted by atomic mass is 32.1. The Hall–Kier alpha value is -2.14. The van der Waals surface area contributed by atoms with E-state index in [0.29, 0.717) is 23.4 Å². The lowest BCUT2D eigenvalue weighted by Gasteiger charge is -2.11. The minimum Gasteiger partial charge on any atom is -0.399 e. The van der Waals surface area contributed by atoms with Crippen LogP contribution in [0.3, 0.4) is 0 Å². The van der Waals surface area contributed by atoms with E-state index in [0.717, 1.165) is 4.88 Å². The number of amides is 2. The standard InChI is InChI=1S/C15H14N2O2S/c1-8-5-11(20-9(8)2)7-17-14(18)12-4-3-10(16)6-13(12)15(17)19/h3-6H,7,16H2,1-2H3. The summed E-state index contributed by atoms with van der Waals surface area (Å²) in [5.74, 6) is -0.505. The number of nitrogen functional groups attached to an aromatic ring is 1. The number of hydrogen-bond donors (Lipinski definition) is 1. The number of anilines is 1. The van der Waals surface area contributed by atoms with Crippen molar-refractivity contribution in [2.75, 3.05) is 5.73 Å². The van der Waals surface area contributed by atoms with Gasteiger partial charge < -0.3 is 5.73 Å². The third kappa shape index (κ3) is 1.91.